The molecule has 0 aliphatic carbocycles. The van der Waals surface area contributed by atoms with E-state index in [-0.39, 0.29) is 5.56 Å². The number of aromatic amines is 2. The Morgan fingerprint density at radius 1 is 1.06 bits per heavy atom. The van der Waals surface area contributed by atoms with E-state index in [1.807, 2.05) is 37.3 Å². The van der Waals surface area contributed by atoms with Crippen LogP contribution in [0.5, 0.6) is 0 Å². The molecule has 1 aromatic heterocycles. The summed E-state index contributed by atoms with van der Waals surface area (Å²) in [7, 11) is 0. The van der Waals surface area contributed by atoms with Crippen LogP contribution < -0.4 is 11.2 Å². The van der Waals surface area contributed by atoms with Gasteiger partial charge in [-0.25, -0.2) is 4.79 Å². The number of nitrogens with one attached hydrogen (secondary N) is 2. The van der Waals surface area contributed by atoms with E-state index in [4.69, 9.17) is 0 Å². The molecule has 4 nitrogen and oxygen atoms in total. The van der Waals surface area contributed by atoms with Crippen LogP contribution in [0.3, 0.4) is 0 Å². The second kappa shape index (κ2) is 5.49. The maximum atomic E-state index is 11.8. The van der Waals surface area contributed by atoms with Gasteiger partial charge in [0.1, 0.15) is 0 Å². The van der Waals surface area contributed by atoms with Crippen molar-refractivity contribution in [3.63, 3.8) is 0 Å². The van der Waals surface area contributed by atoms with Gasteiger partial charge in [-0.2, -0.15) is 0 Å². The van der Waals surface area contributed by atoms with Gasteiger partial charge in [-0.3, -0.25) is 9.78 Å². The number of rotatable bonds is 4. The Bertz CT molecular complexity index is 626. The molecule has 0 atom stereocenters. The topological polar surface area (TPSA) is 65.7 Å². The lowest BCUT2D eigenvalue weighted by Gasteiger charge is -2.07. The predicted molar refractivity (Wildman–Crippen MR) is 70.9 cm³/mol. The second-order valence-corrected chi connectivity index (χ2v) is 4.28. The molecule has 18 heavy (non-hydrogen) atoms. The van der Waals surface area contributed by atoms with Crippen LogP contribution >= 0.6 is 0 Å². The zero-order chi connectivity index (χ0) is 13.0. The first-order chi connectivity index (χ1) is 8.70. The van der Waals surface area contributed by atoms with Crippen molar-refractivity contribution in [2.75, 3.05) is 0 Å². The summed E-state index contributed by atoms with van der Waals surface area (Å²) in [4.78, 5) is 28.1. The molecular formula is C14H16N2O2. The van der Waals surface area contributed by atoms with Crippen molar-refractivity contribution in [3.05, 3.63) is 68.0 Å². The lowest BCUT2D eigenvalue weighted by Crippen LogP contribution is -2.28. The highest BCUT2D eigenvalue weighted by Gasteiger charge is 2.08. The van der Waals surface area contributed by atoms with Crippen molar-refractivity contribution in [2.24, 2.45) is 0 Å². The first-order valence-corrected chi connectivity index (χ1v) is 6.09. The third-order valence-corrected chi connectivity index (χ3v) is 2.85. The monoisotopic (exact) mass is 244 g/mol. The molecule has 0 saturated carbocycles. The largest absolute Gasteiger partial charge is 0.325 e. The standard InChI is InChI=1S/C14H16N2O2/c1-2-6-11-12(15-14(18)16-13(11)17)9-10-7-4-3-5-8-10/h3-5,7-8H,2,6,9H2,1H3,(H2,15,16,17,18). The van der Waals surface area contributed by atoms with Gasteiger partial charge in [0.05, 0.1) is 0 Å². The Kier molecular flexibility index (Phi) is 3.77. The Morgan fingerprint density at radius 3 is 2.44 bits per heavy atom. The van der Waals surface area contributed by atoms with Crippen molar-refractivity contribution >= 4 is 0 Å². The van der Waals surface area contributed by atoms with E-state index in [9.17, 15) is 9.59 Å². The van der Waals surface area contributed by atoms with E-state index in [2.05, 4.69) is 9.97 Å². The predicted octanol–water partition coefficient (Wildman–Crippen LogP) is 1.61. The molecule has 0 saturated heterocycles. The molecule has 0 radical (unpaired) electrons. The average Bonchev–Trinajstić information content (AvgIpc) is 2.35. The zero-order valence-electron chi connectivity index (χ0n) is 10.3. The van der Waals surface area contributed by atoms with E-state index < -0.39 is 5.69 Å². The highest BCUT2D eigenvalue weighted by Crippen LogP contribution is 2.09. The molecule has 0 aliphatic rings. The van der Waals surface area contributed by atoms with Crippen molar-refractivity contribution in [2.45, 2.75) is 26.2 Å². The summed E-state index contributed by atoms with van der Waals surface area (Å²) in [5.41, 5.74) is 1.77. The smallest absolute Gasteiger partial charge is 0.311 e. The van der Waals surface area contributed by atoms with Gasteiger partial charge in [-0.1, -0.05) is 43.7 Å². The van der Waals surface area contributed by atoms with Gasteiger partial charge in [0.15, 0.2) is 0 Å². The molecule has 0 amide bonds. The maximum Gasteiger partial charge on any atom is 0.325 e. The Labute approximate surface area is 105 Å². The van der Waals surface area contributed by atoms with Gasteiger partial charge in [-0.15, -0.1) is 0 Å². The summed E-state index contributed by atoms with van der Waals surface area (Å²) in [6.45, 7) is 2.01. The maximum absolute atomic E-state index is 11.8. The van der Waals surface area contributed by atoms with Crippen molar-refractivity contribution < 1.29 is 0 Å². The molecule has 0 bridgehead atoms. The number of hydrogen-bond acceptors (Lipinski definition) is 2. The molecule has 0 aliphatic heterocycles. The lowest BCUT2D eigenvalue weighted by atomic mass is 10.0. The Balaban J connectivity index is 2.43. The van der Waals surface area contributed by atoms with Gasteiger partial charge in [0.2, 0.25) is 0 Å². The van der Waals surface area contributed by atoms with Crippen LogP contribution in [-0.4, -0.2) is 9.97 Å². The third kappa shape index (κ3) is 2.77. The van der Waals surface area contributed by atoms with E-state index in [0.29, 0.717) is 18.4 Å². The summed E-state index contributed by atoms with van der Waals surface area (Å²) in [5.74, 6) is 0. The first-order valence-electron chi connectivity index (χ1n) is 6.09. The minimum Gasteiger partial charge on any atom is -0.311 e. The van der Waals surface area contributed by atoms with E-state index in [0.717, 1.165) is 17.7 Å². The Morgan fingerprint density at radius 2 is 1.78 bits per heavy atom. The van der Waals surface area contributed by atoms with Gasteiger partial charge in [0, 0.05) is 17.7 Å². The fraction of sp³-hybridized carbons (Fsp3) is 0.286. The average molecular weight is 244 g/mol. The van der Waals surface area contributed by atoms with E-state index in [1.54, 1.807) is 0 Å². The normalized spacial score (nSPS) is 10.5. The van der Waals surface area contributed by atoms with Crippen LogP contribution in [-0.2, 0) is 12.8 Å². The summed E-state index contributed by atoms with van der Waals surface area (Å²) in [6.07, 6.45) is 2.13. The number of aromatic nitrogens is 2. The van der Waals surface area contributed by atoms with E-state index in [1.165, 1.54) is 0 Å². The van der Waals surface area contributed by atoms with Crippen LogP contribution in [0.4, 0.5) is 0 Å². The summed E-state index contributed by atoms with van der Waals surface area (Å²) in [5, 5.41) is 0. The fourth-order valence-corrected chi connectivity index (χ4v) is 2.02. The van der Waals surface area contributed by atoms with Crippen molar-refractivity contribution in [1.82, 2.24) is 9.97 Å². The molecule has 0 unspecified atom stereocenters. The van der Waals surface area contributed by atoms with Crippen LogP contribution in [0.2, 0.25) is 0 Å². The Hall–Kier alpha value is -2.10. The third-order valence-electron chi connectivity index (χ3n) is 2.85. The fourth-order valence-electron chi connectivity index (χ4n) is 2.02. The van der Waals surface area contributed by atoms with E-state index >= 15 is 0 Å². The quantitative estimate of drug-likeness (QED) is 0.858. The molecule has 2 rings (SSSR count). The summed E-state index contributed by atoms with van der Waals surface area (Å²) >= 11 is 0. The van der Waals surface area contributed by atoms with Crippen molar-refractivity contribution in [3.8, 4) is 0 Å². The SMILES string of the molecule is CCCc1c(Cc2ccccc2)[nH]c(=O)[nH]c1=O. The number of hydrogen-bond donors (Lipinski definition) is 2. The van der Waals surface area contributed by atoms with Crippen LogP contribution in [0, 0.1) is 0 Å². The van der Waals surface area contributed by atoms with Crippen molar-refractivity contribution in [1.29, 1.82) is 0 Å². The summed E-state index contributed by atoms with van der Waals surface area (Å²) < 4.78 is 0. The summed E-state index contributed by atoms with van der Waals surface area (Å²) in [6, 6.07) is 9.79. The molecule has 94 valence electrons. The second-order valence-electron chi connectivity index (χ2n) is 4.28. The lowest BCUT2D eigenvalue weighted by molar-refractivity contribution is 0.833. The van der Waals surface area contributed by atoms with Crippen LogP contribution in [0.1, 0.15) is 30.2 Å². The highest BCUT2D eigenvalue weighted by atomic mass is 16.2. The van der Waals surface area contributed by atoms with Gasteiger partial charge in [-0.05, 0) is 12.0 Å². The van der Waals surface area contributed by atoms with Gasteiger partial charge in [0.25, 0.3) is 5.56 Å². The minimum absolute atomic E-state index is 0.272. The molecule has 1 aromatic carbocycles. The number of benzene rings is 1. The minimum atomic E-state index is -0.439. The van der Waals surface area contributed by atoms with Crippen LogP contribution in [0.15, 0.2) is 39.9 Å². The molecule has 0 fully saturated rings. The van der Waals surface area contributed by atoms with Gasteiger partial charge >= 0.3 is 5.69 Å². The molecular weight excluding hydrogens is 228 g/mol. The number of H-pyrrole nitrogens is 2. The highest BCUT2D eigenvalue weighted by molar-refractivity contribution is 5.26. The van der Waals surface area contributed by atoms with Gasteiger partial charge < -0.3 is 4.98 Å². The molecule has 2 N–H and O–H groups in total. The first kappa shape index (κ1) is 12.4. The van der Waals surface area contributed by atoms with Crippen LogP contribution in [0.25, 0.3) is 0 Å². The zero-order valence-corrected chi connectivity index (χ0v) is 10.3. The molecule has 4 heteroatoms. The molecule has 0 spiro atoms. The molecule has 2 aromatic rings. The molecule has 1 heterocycles.